The van der Waals surface area contributed by atoms with E-state index in [4.69, 9.17) is 10.5 Å². The summed E-state index contributed by atoms with van der Waals surface area (Å²) in [5.74, 6) is 0.143. The summed E-state index contributed by atoms with van der Waals surface area (Å²) in [5, 5.41) is 0. The fourth-order valence-electron chi connectivity index (χ4n) is 2.52. The Morgan fingerprint density at radius 2 is 1.55 bits per heavy atom. The first-order valence-electron chi connectivity index (χ1n) is 7.20. The van der Waals surface area contributed by atoms with Gasteiger partial charge in [-0.1, -0.05) is 0 Å². The average molecular weight is 357 g/mol. The van der Waals surface area contributed by atoms with Gasteiger partial charge in [0.25, 0.3) is 0 Å². The Morgan fingerprint density at radius 1 is 1.00 bits per heavy atom. The minimum absolute atomic E-state index is 0. The highest BCUT2D eigenvalue weighted by atomic mass is 35.5. The minimum atomic E-state index is -0.448. The molecule has 22 heavy (non-hydrogen) atoms. The van der Waals surface area contributed by atoms with E-state index in [1.54, 1.807) is 11.8 Å². The summed E-state index contributed by atoms with van der Waals surface area (Å²) in [4.78, 5) is 29.6. The monoisotopic (exact) mass is 356 g/mol. The Balaban J connectivity index is 0.00000220. The molecule has 2 N–H and O–H groups in total. The van der Waals surface area contributed by atoms with Gasteiger partial charge in [-0.15, -0.1) is 24.8 Å². The average Bonchev–Trinajstić information content (AvgIpc) is 2.48. The highest BCUT2D eigenvalue weighted by Gasteiger charge is 2.25. The van der Waals surface area contributed by atoms with Crippen LogP contribution in [-0.4, -0.2) is 91.6 Å². The molecular weight excluding hydrogens is 331 g/mol. The summed E-state index contributed by atoms with van der Waals surface area (Å²) in [6, 6.07) is -0.448. The topological polar surface area (TPSA) is 79.1 Å². The van der Waals surface area contributed by atoms with E-state index in [2.05, 4.69) is 4.90 Å². The molecule has 1 atom stereocenters. The molecule has 130 valence electrons. The summed E-state index contributed by atoms with van der Waals surface area (Å²) in [6.07, 6.45) is 0. The molecule has 2 heterocycles. The van der Waals surface area contributed by atoms with Crippen LogP contribution in [0.2, 0.25) is 0 Å². The summed E-state index contributed by atoms with van der Waals surface area (Å²) in [6.45, 7) is 7.52. The summed E-state index contributed by atoms with van der Waals surface area (Å²) < 4.78 is 5.24. The SMILES string of the molecule is CC(N)C(=O)N1CCN(CC(=O)N2CCOCC2)CC1.Cl.Cl. The minimum Gasteiger partial charge on any atom is -0.378 e. The van der Waals surface area contributed by atoms with E-state index in [1.807, 2.05) is 4.90 Å². The molecule has 0 bridgehead atoms. The van der Waals surface area contributed by atoms with Gasteiger partial charge in [-0.05, 0) is 6.92 Å². The Bertz CT molecular complexity index is 357. The number of nitrogens with two attached hydrogens (primary N) is 1. The van der Waals surface area contributed by atoms with Gasteiger partial charge in [0.05, 0.1) is 25.8 Å². The van der Waals surface area contributed by atoms with Crippen LogP contribution in [0.5, 0.6) is 0 Å². The number of carbonyl (C=O) groups is 2. The number of hydrogen-bond acceptors (Lipinski definition) is 5. The predicted octanol–water partition coefficient (Wildman–Crippen LogP) is -0.820. The lowest BCUT2D eigenvalue weighted by Gasteiger charge is -2.36. The van der Waals surface area contributed by atoms with E-state index in [9.17, 15) is 9.59 Å². The number of piperazine rings is 1. The Hall–Kier alpha value is -0.600. The maximum absolute atomic E-state index is 12.1. The highest BCUT2D eigenvalue weighted by molar-refractivity contribution is 5.85. The molecule has 1 unspecified atom stereocenters. The third-order valence-electron chi connectivity index (χ3n) is 3.80. The van der Waals surface area contributed by atoms with Crippen molar-refractivity contribution in [1.29, 1.82) is 0 Å². The lowest BCUT2D eigenvalue weighted by Crippen LogP contribution is -2.54. The van der Waals surface area contributed by atoms with Gasteiger partial charge in [0.2, 0.25) is 11.8 Å². The van der Waals surface area contributed by atoms with Crippen molar-refractivity contribution < 1.29 is 14.3 Å². The van der Waals surface area contributed by atoms with Crippen LogP contribution < -0.4 is 5.73 Å². The highest BCUT2D eigenvalue weighted by Crippen LogP contribution is 2.05. The van der Waals surface area contributed by atoms with Crippen molar-refractivity contribution in [2.75, 3.05) is 59.0 Å². The van der Waals surface area contributed by atoms with Gasteiger partial charge in [0.1, 0.15) is 0 Å². The van der Waals surface area contributed by atoms with Gasteiger partial charge in [-0.25, -0.2) is 0 Å². The molecule has 0 aromatic heterocycles. The van der Waals surface area contributed by atoms with Crippen molar-refractivity contribution in [2.24, 2.45) is 5.73 Å². The van der Waals surface area contributed by atoms with E-state index in [0.717, 1.165) is 13.1 Å². The second kappa shape index (κ2) is 10.2. The van der Waals surface area contributed by atoms with E-state index in [1.165, 1.54) is 0 Å². The maximum Gasteiger partial charge on any atom is 0.239 e. The molecule has 2 amide bonds. The van der Waals surface area contributed by atoms with Gasteiger partial charge >= 0.3 is 0 Å². The Morgan fingerprint density at radius 3 is 2.05 bits per heavy atom. The molecule has 7 nitrogen and oxygen atoms in total. The molecular formula is C13H26Cl2N4O3. The fraction of sp³-hybridized carbons (Fsp3) is 0.846. The van der Waals surface area contributed by atoms with Gasteiger partial charge in [0, 0.05) is 39.3 Å². The van der Waals surface area contributed by atoms with Crippen molar-refractivity contribution in [2.45, 2.75) is 13.0 Å². The number of halogens is 2. The largest absolute Gasteiger partial charge is 0.378 e. The van der Waals surface area contributed by atoms with E-state index < -0.39 is 6.04 Å². The number of hydrogen-bond donors (Lipinski definition) is 1. The van der Waals surface area contributed by atoms with Crippen molar-refractivity contribution in [3.05, 3.63) is 0 Å². The fourth-order valence-corrected chi connectivity index (χ4v) is 2.52. The summed E-state index contributed by atoms with van der Waals surface area (Å²) in [5.41, 5.74) is 5.60. The van der Waals surface area contributed by atoms with Crippen LogP contribution in [0.4, 0.5) is 0 Å². The van der Waals surface area contributed by atoms with Crippen LogP contribution in [0.3, 0.4) is 0 Å². The maximum atomic E-state index is 12.1. The molecule has 0 radical (unpaired) electrons. The van der Waals surface area contributed by atoms with Crippen molar-refractivity contribution in [3.63, 3.8) is 0 Å². The number of ether oxygens (including phenoxy) is 1. The van der Waals surface area contributed by atoms with Crippen LogP contribution in [0, 0.1) is 0 Å². The number of morpholine rings is 1. The molecule has 0 aromatic rings. The second-order valence-electron chi connectivity index (χ2n) is 5.38. The molecule has 0 aliphatic carbocycles. The molecule has 2 fully saturated rings. The molecule has 0 aromatic carbocycles. The quantitative estimate of drug-likeness (QED) is 0.714. The normalized spacial score (nSPS) is 20.6. The zero-order valence-electron chi connectivity index (χ0n) is 12.9. The van der Waals surface area contributed by atoms with Crippen molar-refractivity contribution in [1.82, 2.24) is 14.7 Å². The van der Waals surface area contributed by atoms with Crippen LogP contribution in [-0.2, 0) is 14.3 Å². The van der Waals surface area contributed by atoms with Crippen molar-refractivity contribution in [3.8, 4) is 0 Å². The lowest BCUT2D eigenvalue weighted by atomic mass is 10.2. The standard InChI is InChI=1S/C13H24N4O3.2ClH/c1-11(14)13(19)17-4-2-15(3-5-17)10-12(18)16-6-8-20-9-7-16;;/h11H,2-10,14H2,1H3;2*1H. The Kier molecular flexibility index (Phi) is 9.95. The number of amides is 2. The number of nitrogens with zero attached hydrogens (tertiary/aromatic N) is 3. The number of carbonyl (C=O) groups excluding carboxylic acids is 2. The van der Waals surface area contributed by atoms with Crippen molar-refractivity contribution >= 4 is 36.6 Å². The zero-order valence-corrected chi connectivity index (χ0v) is 14.5. The zero-order chi connectivity index (χ0) is 14.5. The first-order valence-corrected chi connectivity index (χ1v) is 7.20. The molecule has 2 aliphatic rings. The molecule has 2 aliphatic heterocycles. The number of rotatable bonds is 3. The van der Waals surface area contributed by atoms with Gasteiger partial charge in [-0.2, -0.15) is 0 Å². The van der Waals surface area contributed by atoms with Gasteiger partial charge < -0.3 is 20.3 Å². The van der Waals surface area contributed by atoms with Crippen LogP contribution in [0.1, 0.15) is 6.92 Å². The molecule has 9 heteroatoms. The Labute approximate surface area is 143 Å². The third kappa shape index (κ3) is 5.89. The van der Waals surface area contributed by atoms with E-state index in [-0.39, 0.29) is 36.6 Å². The second-order valence-corrected chi connectivity index (χ2v) is 5.38. The summed E-state index contributed by atoms with van der Waals surface area (Å²) in [7, 11) is 0. The molecule has 2 rings (SSSR count). The smallest absolute Gasteiger partial charge is 0.239 e. The van der Waals surface area contributed by atoms with E-state index >= 15 is 0 Å². The van der Waals surface area contributed by atoms with Crippen LogP contribution >= 0.6 is 24.8 Å². The predicted molar refractivity (Wildman–Crippen MR) is 88.6 cm³/mol. The first kappa shape index (κ1) is 21.4. The summed E-state index contributed by atoms with van der Waals surface area (Å²) >= 11 is 0. The van der Waals surface area contributed by atoms with Crippen LogP contribution in [0.15, 0.2) is 0 Å². The van der Waals surface area contributed by atoms with E-state index in [0.29, 0.717) is 45.9 Å². The first-order chi connectivity index (χ1) is 9.58. The lowest BCUT2D eigenvalue weighted by molar-refractivity contribution is -0.138. The van der Waals surface area contributed by atoms with Gasteiger partial charge in [-0.3, -0.25) is 14.5 Å². The molecule has 2 saturated heterocycles. The molecule has 0 spiro atoms. The molecule has 0 saturated carbocycles. The third-order valence-corrected chi connectivity index (χ3v) is 3.80. The van der Waals surface area contributed by atoms with Crippen LogP contribution in [0.25, 0.3) is 0 Å². The van der Waals surface area contributed by atoms with Gasteiger partial charge in [0.15, 0.2) is 0 Å².